The predicted octanol–water partition coefficient (Wildman–Crippen LogP) is 7.19. The van der Waals surface area contributed by atoms with E-state index in [-0.39, 0.29) is 11.5 Å². The lowest BCUT2D eigenvalue weighted by molar-refractivity contribution is 0.475. The molecule has 1 aliphatic heterocycles. The average molecular weight is 418 g/mol. The van der Waals surface area contributed by atoms with Gasteiger partial charge in [-0.2, -0.15) is 0 Å². The molecule has 1 aliphatic rings. The Morgan fingerprint density at radius 2 is 1.65 bits per heavy atom. The smallest absolute Gasteiger partial charge is 0.146 e. The van der Waals surface area contributed by atoms with Crippen molar-refractivity contribution in [1.82, 2.24) is 4.90 Å². The van der Waals surface area contributed by atoms with Crippen LogP contribution in [0, 0.1) is 5.82 Å². The summed E-state index contributed by atoms with van der Waals surface area (Å²) in [4.78, 5) is 1.71. The van der Waals surface area contributed by atoms with Gasteiger partial charge in [0, 0.05) is 22.2 Å². The van der Waals surface area contributed by atoms with Gasteiger partial charge in [0.05, 0.1) is 11.4 Å². The predicted molar refractivity (Wildman–Crippen MR) is 109 cm³/mol. The minimum Gasteiger partial charge on any atom is -0.339 e. The number of nitrogens with zero attached hydrogens (tertiary/aromatic N) is 1. The zero-order chi connectivity index (χ0) is 19.3. The van der Waals surface area contributed by atoms with E-state index in [2.05, 4.69) is 22.5 Å². The standard InChI is InChI=1S/C20H16BrF2N.C2H6/c1-3-24-13(2)18(23)12-15(14-8-5-4-6-9-14)20(24)19-16(21)10-7-11-17(19)22;1-2/h4-12H,2-3H2,1H3;1-2H3. The van der Waals surface area contributed by atoms with E-state index < -0.39 is 5.83 Å². The molecule has 0 N–H and O–H groups in total. The van der Waals surface area contributed by atoms with Gasteiger partial charge in [-0.1, -0.05) is 56.8 Å². The van der Waals surface area contributed by atoms with Gasteiger partial charge in [0.15, 0.2) is 0 Å². The molecule has 0 unspecified atom stereocenters. The number of halogens is 3. The highest BCUT2D eigenvalue weighted by molar-refractivity contribution is 9.10. The van der Waals surface area contributed by atoms with Gasteiger partial charge in [-0.05, 0) is 46.6 Å². The molecule has 2 aromatic rings. The van der Waals surface area contributed by atoms with Crippen molar-refractivity contribution in [2.75, 3.05) is 6.54 Å². The number of hydrogen-bond donors (Lipinski definition) is 0. The molecule has 2 aromatic carbocycles. The number of allylic oxidation sites excluding steroid dienone is 3. The fourth-order valence-electron chi connectivity index (χ4n) is 2.87. The summed E-state index contributed by atoms with van der Waals surface area (Å²) < 4.78 is 29.7. The van der Waals surface area contributed by atoms with Gasteiger partial charge in [-0.15, -0.1) is 0 Å². The van der Waals surface area contributed by atoms with Crippen LogP contribution < -0.4 is 0 Å². The Kier molecular flexibility index (Phi) is 6.92. The van der Waals surface area contributed by atoms with Crippen LogP contribution in [0.5, 0.6) is 0 Å². The van der Waals surface area contributed by atoms with Gasteiger partial charge in [-0.25, -0.2) is 8.78 Å². The third-order valence-electron chi connectivity index (χ3n) is 4.00. The van der Waals surface area contributed by atoms with E-state index in [0.29, 0.717) is 27.9 Å². The molecule has 0 radical (unpaired) electrons. The van der Waals surface area contributed by atoms with E-state index >= 15 is 0 Å². The van der Waals surface area contributed by atoms with Crippen LogP contribution in [0.25, 0.3) is 11.3 Å². The van der Waals surface area contributed by atoms with Crippen LogP contribution in [0.3, 0.4) is 0 Å². The Morgan fingerprint density at radius 1 is 1.00 bits per heavy atom. The van der Waals surface area contributed by atoms with Gasteiger partial charge in [0.25, 0.3) is 0 Å². The van der Waals surface area contributed by atoms with E-state index in [9.17, 15) is 8.78 Å². The SMILES string of the molecule is C=C1C(F)=CC(c2ccccc2)=C(c2c(F)cccc2Br)N1CC.CC. The van der Waals surface area contributed by atoms with Crippen molar-refractivity contribution >= 4 is 27.2 Å². The van der Waals surface area contributed by atoms with Crippen molar-refractivity contribution < 1.29 is 8.78 Å². The molecular weight excluding hydrogens is 396 g/mol. The summed E-state index contributed by atoms with van der Waals surface area (Å²) in [6.07, 6.45) is 1.43. The first-order valence-electron chi connectivity index (χ1n) is 8.62. The molecule has 3 rings (SSSR count). The molecule has 0 aliphatic carbocycles. The monoisotopic (exact) mass is 417 g/mol. The Bertz CT molecular complexity index is 833. The maximum atomic E-state index is 14.6. The summed E-state index contributed by atoms with van der Waals surface area (Å²) in [5.41, 5.74) is 2.71. The molecule has 0 amide bonds. The lowest BCUT2D eigenvalue weighted by Crippen LogP contribution is -2.25. The largest absolute Gasteiger partial charge is 0.339 e. The lowest BCUT2D eigenvalue weighted by atomic mass is 9.94. The van der Waals surface area contributed by atoms with Crippen LogP contribution in [-0.2, 0) is 0 Å². The molecule has 0 spiro atoms. The molecule has 0 saturated heterocycles. The molecule has 26 heavy (non-hydrogen) atoms. The molecular formula is C22H22BrF2N. The fourth-order valence-corrected chi connectivity index (χ4v) is 3.40. The highest BCUT2D eigenvalue weighted by Gasteiger charge is 2.28. The number of benzene rings is 2. The second-order valence-corrected chi connectivity index (χ2v) is 6.26. The fraction of sp³-hybridized carbons (Fsp3) is 0.182. The van der Waals surface area contributed by atoms with Gasteiger partial charge >= 0.3 is 0 Å². The average Bonchev–Trinajstić information content (AvgIpc) is 2.66. The molecule has 0 bridgehead atoms. The maximum absolute atomic E-state index is 14.6. The normalized spacial score (nSPS) is 14.0. The van der Waals surface area contributed by atoms with E-state index in [1.165, 1.54) is 12.1 Å². The van der Waals surface area contributed by atoms with Gasteiger partial charge < -0.3 is 4.90 Å². The number of rotatable bonds is 3. The third-order valence-corrected chi connectivity index (χ3v) is 4.66. The molecule has 1 nitrogen and oxygen atoms in total. The summed E-state index contributed by atoms with van der Waals surface area (Å²) in [6, 6.07) is 14.2. The lowest BCUT2D eigenvalue weighted by Gasteiger charge is -2.33. The first-order chi connectivity index (χ1) is 12.5. The number of hydrogen-bond acceptors (Lipinski definition) is 1. The quantitative estimate of drug-likeness (QED) is 0.510. The van der Waals surface area contributed by atoms with E-state index in [0.717, 1.165) is 5.56 Å². The Balaban J connectivity index is 0.00000117. The summed E-state index contributed by atoms with van der Waals surface area (Å²) >= 11 is 3.43. The van der Waals surface area contributed by atoms with Crippen LogP contribution >= 0.6 is 15.9 Å². The summed E-state index contributed by atoms with van der Waals surface area (Å²) in [5.74, 6) is -0.776. The van der Waals surface area contributed by atoms with Crippen LogP contribution in [0.1, 0.15) is 31.9 Å². The molecule has 0 atom stereocenters. The van der Waals surface area contributed by atoms with Gasteiger partial charge in [0.1, 0.15) is 11.6 Å². The zero-order valence-corrected chi connectivity index (χ0v) is 16.8. The highest BCUT2D eigenvalue weighted by Crippen LogP contribution is 2.42. The van der Waals surface area contributed by atoms with Crippen LogP contribution in [-0.4, -0.2) is 11.4 Å². The van der Waals surface area contributed by atoms with Crippen LogP contribution in [0.2, 0.25) is 0 Å². The van der Waals surface area contributed by atoms with E-state index in [1.54, 1.807) is 17.0 Å². The van der Waals surface area contributed by atoms with Crippen molar-refractivity contribution in [3.05, 3.63) is 94.1 Å². The summed E-state index contributed by atoms with van der Waals surface area (Å²) in [7, 11) is 0. The van der Waals surface area contributed by atoms with Crippen molar-refractivity contribution in [3.8, 4) is 0 Å². The van der Waals surface area contributed by atoms with Crippen molar-refractivity contribution in [2.24, 2.45) is 0 Å². The first kappa shape index (κ1) is 20.1. The van der Waals surface area contributed by atoms with Gasteiger partial charge in [-0.3, -0.25) is 0 Å². The summed E-state index contributed by atoms with van der Waals surface area (Å²) in [5, 5.41) is 0. The highest BCUT2D eigenvalue weighted by atomic mass is 79.9. The molecule has 136 valence electrons. The first-order valence-corrected chi connectivity index (χ1v) is 9.42. The van der Waals surface area contributed by atoms with Crippen LogP contribution in [0.4, 0.5) is 8.78 Å². The Morgan fingerprint density at radius 3 is 2.23 bits per heavy atom. The molecule has 0 fully saturated rings. The zero-order valence-electron chi connectivity index (χ0n) is 15.2. The van der Waals surface area contributed by atoms with Crippen LogP contribution in [0.15, 0.2) is 77.2 Å². The van der Waals surface area contributed by atoms with Crippen molar-refractivity contribution in [1.29, 1.82) is 0 Å². The molecule has 4 heteroatoms. The molecule has 0 aromatic heterocycles. The second-order valence-electron chi connectivity index (χ2n) is 5.41. The minimum absolute atomic E-state index is 0.238. The van der Waals surface area contributed by atoms with Crippen molar-refractivity contribution in [2.45, 2.75) is 20.8 Å². The topological polar surface area (TPSA) is 3.24 Å². The number of likely N-dealkylation sites (N-methyl/N-ethyl adjacent to an activating group) is 1. The van der Waals surface area contributed by atoms with Gasteiger partial charge in [0.2, 0.25) is 0 Å². The van der Waals surface area contributed by atoms with E-state index in [4.69, 9.17) is 0 Å². The maximum Gasteiger partial charge on any atom is 0.146 e. The molecule has 0 saturated carbocycles. The summed E-state index contributed by atoms with van der Waals surface area (Å²) in [6.45, 7) is 10.2. The molecule has 1 heterocycles. The minimum atomic E-state index is -0.410. The van der Waals surface area contributed by atoms with Crippen molar-refractivity contribution in [3.63, 3.8) is 0 Å². The third kappa shape index (κ3) is 3.80. The van der Waals surface area contributed by atoms with E-state index in [1.807, 2.05) is 51.1 Å². The Hall–Kier alpha value is -2.20. The Labute approximate surface area is 162 Å². The second kappa shape index (κ2) is 8.95.